The lowest BCUT2D eigenvalue weighted by molar-refractivity contribution is -0.161. The van der Waals surface area contributed by atoms with E-state index in [0.29, 0.717) is 11.8 Å². The fourth-order valence-electron chi connectivity index (χ4n) is 6.14. The maximum absolute atomic E-state index is 13.7. The molecule has 2 aliphatic heterocycles. The number of nitrogens with one attached hydrogen (secondary N) is 1. The minimum Gasteiger partial charge on any atom is -0.459 e. The van der Waals surface area contributed by atoms with Crippen LogP contribution in [0.15, 0.2) is 24.3 Å². The number of aromatic nitrogens is 2. The second-order valence-corrected chi connectivity index (χ2v) is 13.3. The highest BCUT2D eigenvalue weighted by molar-refractivity contribution is 5.78. The van der Waals surface area contributed by atoms with Crippen molar-refractivity contribution < 1.29 is 14.3 Å². The van der Waals surface area contributed by atoms with Crippen LogP contribution in [0.3, 0.4) is 0 Å². The van der Waals surface area contributed by atoms with Crippen molar-refractivity contribution in [2.45, 2.75) is 115 Å². The van der Waals surface area contributed by atoms with Gasteiger partial charge >= 0.3 is 5.97 Å². The second-order valence-electron chi connectivity index (χ2n) is 13.3. The summed E-state index contributed by atoms with van der Waals surface area (Å²) < 4.78 is 12.3. The topological polar surface area (TPSA) is 76.6 Å². The number of pyridine rings is 2. The molecular weight excluding hydrogens is 500 g/mol. The molecule has 2 aromatic rings. The van der Waals surface area contributed by atoms with E-state index in [-0.39, 0.29) is 12.1 Å². The quantitative estimate of drug-likeness (QED) is 0.270. The van der Waals surface area contributed by atoms with Crippen molar-refractivity contribution in [3.63, 3.8) is 0 Å². The number of nitrogens with zero attached hydrogens (tertiary/aromatic N) is 3. The van der Waals surface area contributed by atoms with Gasteiger partial charge in [-0.15, -0.1) is 0 Å². The minimum absolute atomic E-state index is 0.138. The molecule has 0 amide bonds. The first-order valence-electron chi connectivity index (χ1n) is 15.7. The summed E-state index contributed by atoms with van der Waals surface area (Å²) in [5.41, 5.74) is 5.36. The number of rotatable bonds is 11. The van der Waals surface area contributed by atoms with E-state index in [9.17, 15) is 4.79 Å². The predicted octanol–water partition coefficient (Wildman–Crippen LogP) is 6.09. The third kappa shape index (κ3) is 6.85. The molecule has 2 aliphatic carbocycles. The summed E-state index contributed by atoms with van der Waals surface area (Å²) in [6.07, 6.45) is 11.2. The van der Waals surface area contributed by atoms with Gasteiger partial charge in [0.25, 0.3) is 0 Å². The lowest BCUT2D eigenvalue weighted by atomic mass is 9.99. The molecule has 7 heteroatoms. The molecule has 2 atom stereocenters. The smallest absolute Gasteiger partial charge is 0.328 e. The standard InChI is InChI=1S/C33H46N4O3/c1-33(2,3)40-32(38)30(27-15-16-28(22-9-10-22)36-29(27)23-11-12-23)37-19-17-26(21-37)39-20-5-4-8-25-14-13-24-7-6-18-34-31(24)35-25/h13-16,22-23,26,30H,4-12,17-21H2,1-3H3,(H,34,35)/t26-,30?/m1/s1. The van der Waals surface area contributed by atoms with Gasteiger partial charge in [0.05, 0.1) is 6.10 Å². The Kier molecular flexibility index (Phi) is 8.14. The van der Waals surface area contributed by atoms with Gasteiger partial charge in [0, 0.05) is 60.7 Å². The number of carbonyl (C=O) groups is 1. The molecule has 4 aliphatic rings. The zero-order valence-electron chi connectivity index (χ0n) is 24.6. The number of likely N-dealkylation sites (tertiary alicyclic amines) is 1. The van der Waals surface area contributed by atoms with Crippen molar-refractivity contribution in [2.24, 2.45) is 0 Å². The number of esters is 1. The molecule has 0 aromatic carbocycles. The Morgan fingerprint density at radius 3 is 2.65 bits per heavy atom. The number of anilines is 1. The van der Waals surface area contributed by atoms with Crippen LogP contribution in [0, 0.1) is 0 Å². The van der Waals surface area contributed by atoms with Gasteiger partial charge < -0.3 is 14.8 Å². The first-order chi connectivity index (χ1) is 19.3. The van der Waals surface area contributed by atoms with E-state index in [1.54, 1.807) is 0 Å². The predicted molar refractivity (Wildman–Crippen MR) is 157 cm³/mol. The first kappa shape index (κ1) is 27.6. The largest absolute Gasteiger partial charge is 0.459 e. The van der Waals surface area contributed by atoms with Gasteiger partial charge in [-0.2, -0.15) is 0 Å². The molecule has 0 bridgehead atoms. The van der Waals surface area contributed by atoms with E-state index in [1.165, 1.54) is 43.4 Å². The minimum atomic E-state index is -0.533. The van der Waals surface area contributed by atoms with Crippen molar-refractivity contribution in [1.29, 1.82) is 0 Å². The van der Waals surface area contributed by atoms with Crippen molar-refractivity contribution in [3.8, 4) is 0 Å². The summed E-state index contributed by atoms with van der Waals surface area (Å²) in [6, 6.07) is 8.33. The van der Waals surface area contributed by atoms with Gasteiger partial charge in [-0.25, -0.2) is 9.78 Å². The monoisotopic (exact) mass is 546 g/mol. The zero-order valence-corrected chi connectivity index (χ0v) is 24.6. The molecule has 2 saturated carbocycles. The van der Waals surface area contributed by atoms with Crippen LogP contribution in [0.4, 0.5) is 5.82 Å². The highest BCUT2D eigenvalue weighted by atomic mass is 16.6. The number of carbonyl (C=O) groups excluding carboxylic acids is 1. The van der Waals surface area contributed by atoms with Gasteiger partial charge in [0.1, 0.15) is 17.5 Å². The van der Waals surface area contributed by atoms with Gasteiger partial charge in [0.2, 0.25) is 0 Å². The average Bonchev–Trinajstić information content (AvgIpc) is 3.86. The van der Waals surface area contributed by atoms with Gasteiger partial charge in [-0.05, 0) is 103 Å². The summed E-state index contributed by atoms with van der Waals surface area (Å²) in [6.45, 7) is 9.18. The Morgan fingerprint density at radius 1 is 1.05 bits per heavy atom. The average molecular weight is 547 g/mol. The van der Waals surface area contributed by atoms with E-state index in [1.807, 2.05) is 20.8 Å². The highest BCUT2D eigenvalue weighted by Crippen LogP contribution is 2.46. The zero-order chi connectivity index (χ0) is 27.7. The lowest BCUT2D eigenvalue weighted by Gasteiger charge is -2.31. The maximum atomic E-state index is 13.7. The molecule has 40 heavy (non-hydrogen) atoms. The van der Waals surface area contributed by atoms with Crippen molar-refractivity contribution in [2.75, 3.05) is 31.6 Å². The fourth-order valence-corrected chi connectivity index (χ4v) is 6.14. The lowest BCUT2D eigenvalue weighted by Crippen LogP contribution is -2.38. The van der Waals surface area contributed by atoms with Crippen LogP contribution >= 0.6 is 0 Å². The van der Waals surface area contributed by atoms with Crippen LogP contribution in [0.25, 0.3) is 0 Å². The Bertz CT molecular complexity index is 1200. The number of hydrogen-bond acceptors (Lipinski definition) is 7. The van der Waals surface area contributed by atoms with Crippen molar-refractivity contribution in [1.82, 2.24) is 14.9 Å². The molecule has 7 nitrogen and oxygen atoms in total. The molecular formula is C33H46N4O3. The van der Waals surface area contributed by atoms with E-state index >= 15 is 0 Å². The molecule has 4 heterocycles. The van der Waals surface area contributed by atoms with E-state index in [2.05, 4.69) is 34.5 Å². The normalized spacial score (nSPS) is 22.0. The molecule has 0 radical (unpaired) electrons. The van der Waals surface area contributed by atoms with Crippen LogP contribution in [-0.2, 0) is 27.1 Å². The molecule has 6 rings (SSSR count). The van der Waals surface area contributed by atoms with Gasteiger partial charge in [0.15, 0.2) is 0 Å². The number of unbranched alkanes of at least 4 members (excludes halogenated alkanes) is 1. The summed E-state index contributed by atoms with van der Waals surface area (Å²) in [7, 11) is 0. The molecule has 3 fully saturated rings. The molecule has 1 saturated heterocycles. The summed E-state index contributed by atoms with van der Waals surface area (Å²) in [5.74, 6) is 2.00. The van der Waals surface area contributed by atoms with Crippen LogP contribution < -0.4 is 5.32 Å². The maximum Gasteiger partial charge on any atom is 0.328 e. The van der Waals surface area contributed by atoms with Crippen LogP contribution in [0.5, 0.6) is 0 Å². The van der Waals surface area contributed by atoms with Gasteiger partial charge in [-0.3, -0.25) is 9.88 Å². The highest BCUT2D eigenvalue weighted by Gasteiger charge is 2.41. The third-order valence-electron chi connectivity index (χ3n) is 8.54. The van der Waals surface area contributed by atoms with E-state index in [4.69, 9.17) is 19.4 Å². The SMILES string of the molecule is CC(C)(C)OC(=O)C(c1ccc(C2CC2)nc1C1CC1)N1CC[C@@H](OCCCCc2ccc3c(n2)NCCC3)C1. The number of hydrogen-bond donors (Lipinski definition) is 1. The Morgan fingerprint density at radius 2 is 1.88 bits per heavy atom. The van der Waals surface area contributed by atoms with Gasteiger partial charge in [-0.1, -0.05) is 12.1 Å². The van der Waals surface area contributed by atoms with Crippen LogP contribution in [0.1, 0.15) is 118 Å². The number of aryl methyl sites for hydroxylation is 2. The third-order valence-corrected chi connectivity index (χ3v) is 8.54. The molecule has 1 N–H and O–H groups in total. The molecule has 1 unspecified atom stereocenters. The van der Waals surface area contributed by atoms with Crippen molar-refractivity contribution >= 4 is 11.8 Å². The molecule has 0 spiro atoms. The van der Waals surface area contributed by atoms with Crippen LogP contribution in [-0.4, -0.2) is 58.8 Å². The number of ether oxygens (including phenoxy) is 2. The summed E-state index contributed by atoms with van der Waals surface area (Å²) >= 11 is 0. The first-order valence-corrected chi connectivity index (χ1v) is 15.7. The summed E-state index contributed by atoms with van der Waals surface area (Å²) in [5, 5.41) is 3.43. The van der Waals surface area contributed by atoms with E-state index < -0.39 is 11.6 Å². The Balaban J connectivity index is 1.06. The number of fused-ring (bicyclic) bond motifs is 1. The summed E-state index contributed by atoms with van der Waals surface area (Å²) in [4.78, 5) is 25.9. The molecule has 2 aromatic heterocycles. The fraction of sp³-hybridized carbons (Fsp3) is 0.667. The Hall–Kier alpha value is -2.51. The molecule has 216 valence electrons. The second kappa shape index (κ2) is 11.8. The van der Waals surface area contributed by atoms with E-state index in [0.717, 1.165) is 81.1 Å². The van der Waals surface area contributed by atoms with Crippen LogP contribution in [0.2, 0.25) is 0 Å². The van der Waals surface area contributed by atoms with Crippen molar-refractivity contribution in [3.05, 3.63) is 52.5 Å². The Labute approximate surface area is 239 Å².